The maximum atomic E-state index is 11.9. The topological polar surface area (TPSA) is 122 Å². The Kier molecular flexibility index (Phi) is 7.76. The quantitative estimate of drug-likeness (QED) is 0.467. The van der Waals surface area contributed by atoms with Gasteiger partial charge in [0, 0.05) is 19.0 Å². The van der Waals surface area contributed by atoms with Crippen molar-refractivity contribution in [3.05, 3.63) is 35.9 Å². The number of carbonyl (C=O) groups excluding carboxylic acids is 2. The monoisotopic (exact) mass is 336 g/mol. The summed E-state index contributed by atoms with van der Waals surface area (Å²) in [7, 11) is 0. The average Bonchev–Trinajstić information content (AvgIpc) is 2.55. The maximum absolute atomic E-state index is 11.9. The predicted octanol–water partition coefficient (Wildman–Crippen LogP) is 0.432. The first-order valence-corrected chi connectivity index (χ1v) is 7.92. The molecule has 0 saturated heterocycles. The van der Waals surface area contributed by atoms with Gasteiger partial charge in [-0.15, -0.1) is 0 Å². The molecular weight excluding hydrogens is 310 g/mol. The first kappa shape index (κ1) is 17.9. The molecule has 0 spiro atoms. The van der Waals surface area contributed by atoms with Crippen LogP contribution in [0.4, 0.5) is 0 Å². The number of carboxylic acid groups (broad SMARTS) is 1. The fraction of sp³-hybridized carbons (Fsp3) is 0.471. The molecule has 0 bridgehead atoms. The van der Waals surface area contributed by atoms with Gasteiger partial charge in [-0.1, -0.05) is 30.3 Å². The first-order chi connectivity index (χ1) is 11.9. The molecule has 7 heteroatoms. The molecule has 2 amide bonds. The molecule has 24 heavy (non-hydrogen) atoms. The standard InChI is InChI=1S/C17H25N3O4/c1-12(11-18)19-16(22)10-14(17(23)24)20-15(21)9-5-8-13-6-3-2-4-7-13/h2-4,6-7,12,14H,5,8-11,18H2,1H3,(H,19,22)(H,20,21)(H,23,24)/i/hD. The van der Waals surface area contributed by atoms with Gasteiger partial charge in [0.1, 0.15) is 7.45 Å². The van der Waals surface area contributed by atoms with Crippen molar-refractivity contribution in [3.63, 3.8) is 0 Å². The molecule has 0 heterocycles. The summed E-state index contributed by atoms with van der Waals surface area (Å²) in [5.74, 6) is -2.13. The number of aliphatic carboxylic acids is 1. The molecule has 5 N–H and O–H groups in total. The highest BCUT2D eigenvalue weighted by Crippen LogP contribution is 2.05. The van der Waals surface area contributed by atoms with E-state index in [4.69, 9.17) is 1.41 Å². The zero-order chi connectivity index (χ0) is 18.7. The summed E-state index contributed by atoms with van der Waals surface area (Å²) < 4.78 is 6.85. The molecule has 2 atom stereocenters. The van der Waals surface area contributed by atoms with Crippen molar-refractivity contribution >= 4 is 17.8 Å². The summed E-state index contributed by atoms with van der Waals surface area (Å²) >= 11 is 0. The van der Waals surface area contributed by atoms with Crippen LogP contribution in [-0.4, -0.2) is 41.5 Å². The van der Waals surface area contributed by atoms with E-state index in [-0.39, 0.29) is 25.4 Å². The Balaban J connectivity index is 2.39. The van der Waals surface area contributed by atoms with Crippen LogP contribution in [0, 0.1) is 0 Å². The Morgan fingerprint density at radius 1 is 1.21 bits per heavy atom. The summed E-state index contributed by atoms with van der Waals surface area (Å²) in [5.41, 5.74) is 3.28. The molecule has 1 aromatic rings. The minimum atomic E-state index is -1.26. The van der Waals surface area contributed by atoms with Crippen LogP contribution in [0.5, 0.6) is 0 Å². The zero-order valence-electron chi connectivity index (χ0n) is 14.7. The molecule has 1 rings (SSSR count). The molecule has 132 valence electrons. The highest BCUT2D eigenvalue weighted by molar-refractivity contribution is 5.88. The summed E-state index contributed by atoms with van der Waals surface area (Å²) in [5, 5.41) is 14.1. The number of nitrogens with one attached hydrogen (secondary N) is 2. The van der Waals surface area contributed by atoms with E-state index in [9.17, 15) is 19.5 Å². The number of hydrogen-bond acceptors (Lipinski definition) is 4. The average molecular weight is 336 g/mol. The fourth-order valence-electron chi connectivity index (χ4n) is 2.13. The highest BCUT2D eigenvalue weighted by Gasteiger charge is 2.23. The van der Waals surface area contributed by atoms with Crippen LogP contribution >= 0.6 is 0 Å². The Bertz CT molecular complexity index is 568. The van der Waals surface area contributed by atoms with Gasteiger partial charge in [0.15, 0.2) is 0 Å². The van der Waals surface area contributed by atoms with Crippen molar-refractivity contribution in [2.24, 2.45) is 5.73 Å². The lowest BCUT2D eigenvalue weighted by atomic mass is 10.1. The second kappa shape index (κ2) is 10.4. The number of hydrogen-bond donors (Lipinski definition) is 4. The van der Waals surface area contributed by atoms with Crippen molar-refractivity contribution in [1.29, 1.82) is 0 Å². The third-order valence-electron chi connectivity index (χ3n) is 3.45. The minimum absolute atomic E-state index is 0.194. The van der Waals surface area contributed by atoms with Crippen molar-refractivity contribution in [2.45, 2.75) is 44.7 Å². The normalized spacial score (nSPS) is 13.5. The number of carbonyl (C=O) groups is 3. The summed E-state index contributed by atoms with van der Waals surface area (Å²) in [6.07, 6.45) is 1.17. The molecule has 2 unspecified atom stereocenters. The molecule has 1 aromatic carbocycles. The Hall–Kier alpha value is -2.41. The molecule has 0 aliphatic carbocycles. The number of amides is 2. The van der Waals surface area contributed by atoms with E-state index in [1.54, 1.807) is 6.92 Å². The van der Waals surface area contributed by atoms with Crippen LogP contribution < -0.4 is 16.4 Å². The molecule has 7 nitrogen and oxygen atoms in total. The molecule has 0 radical (unpaired) electrons. The van der Waals surface area contributed by atoms with E-state index in [2.05, 4.69) is 16.4 Å². The lowest BCUT2D eigenvalue weighted by Crippen LogP contribution is -2.46. The minimum Gasteiger partial charge on any atom is -0.480 e. The molecule has 0 aliphatic heterocycles. The molecule has 0 saturated carbocycles. The summed E-state index contributed by atoms with van der Waals surface area (Å²) in [4.78, 5) is 35.0. The molecule has 0 aromatic heterocycles. The van der Waals surface area contributed by atoms with E-state index >= 15 is 0 Å². The number of nitrogens with two attached hydrogens (primary N) is 1. The smallest absolute Gasteiger partial charge is 0.326 e. The van der Waals surface area contributed by atoms with Gasteiger partial charge in [-0.05, 0) is 25.3 Å². The van der Waals surface area contributed by atoms with Gasteiger partial charge in [0.05, 0.1) is 6.42 Å². The van der Waals surface area contributed by atoms with Crippen molar-refractivity contribution in [3.8, 4) is 0 Å². The van der Waals surface area contributed by atoms with Gasteiger partial charge in [-0.25, -0.2) is 4.79 Å². The van der Waals surface area contributed by atoms with Gasteiger partial charge in [0.2, 0.25) is 11.8 Å². The van der Waals surface area contributed by atoms with Crippen molar-refractivity contribution < 1.29 is 20.9 Å². The van der Waals surface area contributed by atoms with E-state index in [0.717, 1.165) is 12.0 Å². The van der Waals surface area contributed by atoms with Crippen molar-refractivity contribution in [1.82, 2.24) is 10.6 Å². The van der Waals surface area contributed by atoms with E-state index < -0.39 is 23.8 Å². The molecule has 0 aliphatic rings. The van der Waals surface area contributed by atoms with Gasteiger partial charge in [-0.3, -0.25) is 9.59 Å². The van der Waals surface area contributed by atoms with Crippen LogP contribution in [0.2, 0.25) is 1.41 Å². The second-order valence-electron chi connectivity index (χ2n) is 5.67. The SMILES string of the molecule is [2H]NCC(C)NC(=O)CC(NC(=O)CCCc1ccccc1)C(=O)O. The van der Waals surface area contributed by atoms with Gasteiger partial charge in [-0.2, -0.15) is 0 Å². The lowest BCUT2D eigenvalue weighted by Gasteiger charge is -2.16. The molecular formula is C17H25N3O4. The fourth-order valence-corrected chi connectivity index (χ4v) is 2.13. The Morgan fingerprint density at radius 2 is 1.92 bits per heavy atom. The summed E-state index contributed by atoms with van der Waals surface area (Å²) in [6.45, 7) is 1.94. The number of benzene rings is 1. The second-order valence-corrected chi connectivity index (χ2v) is 5.67. The number of carboxylic acids is 1. The third-order valence-corrected chi connectivity index (χ3v) is 3.45. The number of aryl methyl sites for hydroxylation is 1. The zero-order valence-corrected chi connectivity index (χ0v) is 13.7. The van der Waals surface area contributed by atoms with Crippen LogP contribution in [0.25, 0.3) is 0 Å². The van der Waals surface area contributed by atoms with E-state index in [1.807, 2.05) is 30.3 Å². The van der Waals surface area contributed by atoms with E-state index in [1.165, 1.54) is 0 Å². The molecule has 0 fully saturated rings. The summed E-state index contributed by atoms with van der Waals surface area (Å²) in [6, 6.07) is 8.13. The highest BCUT2D eigenvalue weighted by atomic mass is 16.4. The predicted molar refractivity (Wildman–Crippen MR) is 90.2 cm³/mol. The van der Waals surface area contributed by atoms with Crippen LogP contribution in [0.15, 0.2) is 30.3 Å². The lowest BCUT2D eigenvalue weighted by molar-refractivity contribution is -0.143. The van der Waals surface area contributed by atoms with Crippen LogP contribution in [0.3, 0.4) is 0 Å². The van der Waals surface area contributed by atoms with Gasteiger partial charge < -0.3 is 21.5 Å². The van der Waals surface area contributed by atoms with Crippen LogP contribution in [0.1, 0.15) is 31.7 Å². The maximum Gasteiger partial charge on any atom is 0.326 e. The van der Waals surface area contributed by atoms with Gasteiger partial charge in [0.25, 0.3) is 0 Å². The Morgan fingerprint density at radius 3 is 2.54 bits per heavy atom. The first-order valence-electron chi connectivity index (χ1n) is 8.42. The van der Waals surface area contributed by atoms with E-state index in [0.29, 0.717) is 6.42 Å². The van der Waals surface area contributed by atoms with Crippen molar-refractivity contribution in [2.75, 3.05) is 6.54 Å². The van der Waals surface area contributed by atoms with Gasteiger partial charge >= 0.3 is 5.97 Å². The largest absolute Gasteiger partial charge is 0.480 e. The number of rotatable bonds is 11. The Labute approximate surface area is 143 Å². The van der Waals surface area contributed by atoms with Crippen LogP contribution in [-0.2, 0) is 20.8 Å². The third kappa shape index (κ3) is 7.73.